The fourth-order valence-electron chi connectivity index (χ4n) is 2.15. The van der Waals surface area contributed by atoms with Gasteiger partial charge in [0.15, 0.2) is 0 Å². The Balaban J connectivity index is 2.18. The van der Waals surface area contributed by atoms with E-state index in [1.165, 1.54) is 0 Å². The van der Waals surface area contributed by atoms with E-state index in [2.05, 4.69) is 10.6 Å². The Bertz CT molecular complexity index is 727. The first-order chi connectivity index (χ1) is 11.5. The lowest BCUT2D eigenvalue weighted by molar-refractivity contribution is -0.116. The Morgan fingerprint density at radius 3 is 2.38 bits per heavy atom. The summed E-state index contributed by atoms with van der Waals surface area (Å²) in [5, 5.41) is 5.59. The second kappa shape index (κ2) is 8.12. The zero-order valence-corrected chi connectivity index (χ0v) is 13.8. The van der Waals surface area contributed by atoms with E-state index in [0.29, 0.717) is 22.7 Å². The second-order valence-electron chi connectivity index (χ2n) is 5.32. The molecule has 0 aliphatic heterocycles. The molecule has 0 bridgehead atoms. The Morgan fingerprint density at radius 1 is 1.04 bits per heavy atom. The molecule has 0 atom stereocenters. The number of rotatable bonds is 6. The van der Waals surface area contributed by atoms with E-state index in [4.69, 9.17) is 10.5 Å². The van der Waals surface area contributed by atoms with Gasteiger partial charge in [0.1, 0.15) is 5.75 Å². The number of benzene rings is 2. The maximum absolute atomic E-state index is 12.4. The number of nitrogens with two attached hydrogens (primary N) is 1. The van der Waals surface area contributed by atoms with E-state index in [9.17, 15) is 9.59 Å². The van der Waals surface area contributed by atoms with Crippen LogP contribution in [0.2, 0.25) is 0 Å². The van der Waals surface area contributed by atoms with Crippen LogP contribution in [-0.4, -0.2) is 25.5 Å². The van der Waals surface area contributed by atoms with Gasteiger partial charge in [0, 0.05) is 18.5 Å². The minimum absolute atomic E-state index is 0.192. The summed E-state index contributed by atoms with van der Waals surface area (Å²) in [4.78, 5) is 24.2. The molecule has 2 rings (SSSR count). The molecule has 0 radical (unpaired) electrons. The van der Waals surface area contributed by atoms with E-state index in [0.717, 1.165) is 5.56 Å². The molecule has 0 spiro atoms. The molecule has 6 nitrogen and oxygen atoms in total. The number of methoxy groups -OCH3 is 1. The predicted octanol–water partition coefficient (Wildman–Crippen LogP) is 2.54. The highest BCUT2D eigenvalue weighted by Crippen LogP contribution is 2.24. The van der Waals surface area contributed by atoms with Crippen LogP contribution in [0.5, 0.6) is 5.75 Å². The van der Waals surface area contributed by atoms with Gasteiger partial charge in [-0.3, -0.25) is 9.59 Å². The number of aryl methyl sites for hydroxylation is 1. The number of carbonyl (C=O) groups excluding carboxylic acids is 2. The molecule has 6 heteroatoms. The van der Waals surface area contributed by atoms with Gasteiger partial charge in [-0.1, -0.05) is 6.07 Å². The van der Waals surface area contributed by atoms with Crippen LogP contribution in [0.15, 0.2) is 42.5 Å². The Hall–Kier alpha value is -2.86. The first-order valence-electron chi connectivity index (χ1n) is 7.59. The fourth-order valence-corrected chi connectivity index (χ4v) is 2.15. The standard InChI is InChI=1S/C18H21N3O3/c1-12-3-8-15(16(11-12)20-17(22)9-10-19)21-18(23)13-4-6-14(24-2)7-5-13/h3-8,11H,9-10,19H2,1-2H3,(H,20,22)(H,21,23). The largest absolute Gasteiger partial charge is 0.497 e. The summed E-state index contributed by atoms with van der Waals surface area (Å²) in [5.74, 6) is 0.218. The van der Waals surface area contributed by atoms with Crippen molar-refractivity contribution in [1.29, 1.82) is 0 Å². The summed E-state index contributed by atoms with van der Waals surface area (Å²) in [7, 11) is 1.57. The third-order valence-corrected chi connectivity index (χ3v) is 3.42. The van der Waals surface area contributed by atoms with Crippen molar-refractivity contribution in [3.05, 3.63) is 53.6 Å². The minimum Gasteiger partial charge on any atom is -0.497 e. The van der Waals surface area contributed by atoms with Crippen LogP contribution >= 0.6 is 0 Å². The van der Waals surface area contributed by atoms with Crippen molar-refractivity contribution in [2.24, 2.45) is 5.73 Å². The molecule has 2 amide bonds. The van der Waals surface area contributed by atoms with Crippen LogP contribution in [-0.2, 0) is 4.79 Å². The molecule has 0 aliphatic carbocycles. The maximum atomic E-state index is 12.4. The first kappa shape index (κ1) is 17.5. The SMILES string of the molecule is COc1ccc(C(=O)Nc2ccc(C)cc2NC(=O)CCN)cc1. The molecule has 4 N–H and O–H groups in total. The zero-order valence-electron chi connectivity index (χ0n) is 13.8. The van der Waals surface area contributed by atoms with E-state index in [1.807, 2.05) is 13.0 Å². The quantitative estimate of drug-likeness (QED) is 0.760. The summed E-state index contributed by atoms with van der Waals surface area (Å²) in [5.41, 5.74) is 7.94. The van der Waals surface area contributed by atoms with Gasteiger partial charge in [0.2, 0.25) is 5.91 Å². The lowest BCUT2D eigenvalue weighted by Gasteiger charge is -2.13. The summed E-state index contributed by atoms with van der Waals surface area (Å²) >= 11 is 0. The van der Waals surface area contributed by atoms with Crippen molar-refractivity contribution in [2.45, 2.75) is 13.3 Å². The van der Waals surface area contributed by atoms with Crippen molar-refractivity contribution < 1.29 is 14.3 Å². The fraction of sp³-hybridized carbons (Fsp3) is 0.222. The van der Waals surface area contributed by atoms with Crippen LogP contribution in [0.4, 0.5) is 11.4 Å². The average Bonchev–Trinajstić information content (AvgIpc) is 2.57. The van der Waals surface area contributed by atoms with Crippen LogP contribution in [0, 0.1) is 6.92 Å². The lowest BCUT2D eigenvalue weighted by atomic mass is 10.1. The lowest BCUT2D eigenvalue weighted by Crippen LogP contribution is -2.19. The van der Waals surface area contributed by atoms with Gasteiger partial charge in [-0.05, 0) is 48.9 Å². The summed E-state index contributed by atoms with van der Waals surface area (Å²) < 4.78 is 5.08. The van der Waals surface area contributed by atoms with E-state index < -0.39 is 0 Å². The van der Waals surface area contributed by atoms with Gasteiger partial charge in [0.05, 0.1) is 18.5 Å². The molecule has 0 saturated carbocycles. The van der Waals surface area contributed by atoms with Gasteiger partial charge in [0.25, 0.3) is 5.91 Å². The second-order valence-corrected chi connectivity index (χ2v) is 5.32. The highest BCUT2D eigenvalue weighted by Gasteiger charge is 2.11. The van der Waals surface area contributed by atoms with Gasteiger partial charge in [-0.25, -0.2) is 0 Å². The molecule has 2 aromatic rings. The average molecular weight is 327 g/mol. The molecule has 0 saturated heterocycles. The topological polar surface area (TPSA) is 93.5 Å². The smallest absolute Gasteiger partial charge is 0.255 e. The molecular weight excluding hydrogens is 306 g/mol. The molecule has 0 aromatic heterocycles. The third-order valence-electron chi connectivity index (χ3n) is 3.42. The number of hydrogen-bond donors (Lipinski definition) is 3. The van der Waals surface area contributed by atoms with Crippen LogP contribution in [0.25, 0.3) is 0 Å². The van der Waals surface area contributed by atoms with Crippen LogP contribution < -0.4 is 21.1 Å². The van der Waals surface area contributed by atoms with Gasteiger partial charge < -0.3 is 21.1 Å². The summed E-state index contributed by atoms with van der Waals surface area (Å²) in [6.45, 7) is 2.18. The maximum Gasteiger partial charge on any atom is 0.255 e. The monoisotopic (exact) mass is 327 g/mol. The summed E-state index contributed by atoms with van der Waals surface area (Å²) in [6, 6.07) is 12.2. The number of hydrogen-bond acceptors (Lipinski definition) is 4. The number of carbonyl (C=O) groups is 2. The molecule has 0 fully saturated rings. The minimum atomic E-state index is -0.268. The van der Waals surface area contributed by atoms with Crippen molar-refractivity contribution in [3.63, 3.8) is 0 Å². The molecule has 2 aromatic carbocycles. The zero-order chi connectivity index (χ0) is 17.5. The van der Waals surface area contributed by atoms with Gasteiger partial charge in [-0.2, -0.15) is 0 Å². The van der Waals surface area contributed by atoms with E-state index in [-0.39, 0.29) is 24.8 Å². The molecule has 0 aliphatic rings. The van der Waals surface area contributed by atoms with Crippen molar-refractivity contribution in [2.75, 3.05) is 24.3 Å². The number of anilines is 2. The van der Waals surface area contributed by atoms with Gasteiger partial charge in [-0.15, -0.1) is 0 Å². The number of nitrogens with one attached hydrogen (secondary N) is 2. The molecule has 0 heterocycles. The molecule has 126 valence electrons. The Labute approximate surface area is 141 Å². The van der Waals surface area contributed by atoms with E-state index >= 15 is 0 Å². The number of ether oxygens (including phenoxy) is 1. The van der Waals surface area contributed by atoms with Crippen molar-refractivity contribution in [1.82, 2.24) is 0 Å². The summed E-state index contributed by atoms with van der Waals surface area (Å²) in [6.07, 6.45) is 0.222. The molecule has 24 heavy (non-hydrogen) atoms. The normalized spacial score (nSPS) is 10.1. The first-order valence-corrected chi connectivity index (χ1v) is 7.59. The van der Waals surface area contributed by atoms with Crippen molar-refractivity contribution in [3.8, 4) is 5.75 Å². The third kappa shape index (κ3) is 4.57. The van der Waals surface area contributed by atoms with Crippen LogP contribution in [0.3, 0.4) is 0 Å². The Morgan fingerprint density at radius 2 is 1.75 bits per heavy atom. The highest BCUT2D eigenvalue weighted by molar-refractivity contribution is 6.07. The number of amides is 2. The van der Waals surface area contributed by atoms with E-state index in [1.54, 1.807) is 43.5 Å². The predicted molar refractivity (Wildman–Crippen MR) is 94.4 cm³/mol. The highest BCUT2D eigenvalue weighted by atomic mass is 16.5. The molecular formula is C18H21N3O3. The Kier molecular flexibility index (Phi) is 5.92. The van der Waals surface area contributed by atoms with Crippen molar-refractivity contribution >= 4 is 23.2 Å². The van der Waals surface area contributed by atoms with Gasteiger partial charge >= 0.3 is 0 Å². The molecule has 0 unspecified atom stereocenters. The van der Waals surface area contributed by atoms with Crippen LogP contribution in [0.1, 0.15) is 22.3 Å².